The lowest BCUT2D eigenvalue weighted by Crippen LogP contribution is -2.51. The normalized spacial score (nSPS) is 10.9. The fraction of sp³-hybridized carbons (Fsp3) is 0.607. The standard InChI is InChI=1S/C19H31N5O4.C4H9NO.C3H6O.C2H6/c1-12(2)16(21-4)18(26)23-13(3)17(25)24-15-7-5-14(6-8-15)11-28-19(27)22-10-9-20;1-5-3-2-4-6;1-2-3-4;1-2/h5-8,12-13,16,21H,9-11,20H2,1-4H3,(H,22,27)(H,23,26)(H,24,25);4-5H,2-3H2,1H3;3H,2H2,1H3;1-2H3/t13?,16-;;;/m0.../s1. The molecule has 1 unspecified atom stereocenters. The largest absolute Gasteiger partial charge is 0.445 e. The smallest absolute Gasteiger partial charge is 0.407 e. The molecule has 3 amide bonds. The van der Waals surface area contributed by atoms with Gasteiger partial charge in [0.25, 0.3) is 0 Å². The molecule has 40 heavy (non-hydrogen) atoms. The van der Waals surface area contributed by atoms with Crippen molar-refractivity contribution in [2.45, 2.75) is 73.1 Å². The van der Waals surface area contributed by atoms with Gasteiger partial charge in [-0.25, -0.2) is 4.79 Å². The van der Waals surface area contributed by atoms with Crippen LogP contribution in [-0.2, 0) is 30.5 Å². The molecule has 0 radical (unpaired) electrons. The highest BCUT2D eigenvalue weighted by Crippen LogP contribution is 2.11. The minimum Gasteiger partial charge on any atom is -0.445 e. The number of nitrogens with one attached hydrogen (secondary N) is 5. The van der Waals surface area contributed by atoms with E-state index in [0.29, 0.717) is 31.6 Å². The summed E-state index contributed by atoms with van der Waals surface area (Å²) in [5.41, 5.74) is 6.65. The van der Waals surface area contributed by atoms with Crippen molar-refractivity contribution in [1.29, 1.82) is 0 Å². The molecule has 12 nitrogen and oxygen atoms in total. The van der Waals surface area contributed by atoms with Crippen LogP contribution >= 0.6 is 0 Å². The third-order valence-corrected chi connectivity index (χ3v) is 4.70. The van der Waals surface area contributed by atoms with E-state index in [2.05, 4.69) is 26.6 Å². The highest BCUT2D eigenvalue weighted by atomic mass is 16.5. The molecule has 1 rings (SSSR count). The summed E-state index contributed by atoms with van der Waals surface area (Å²) >= 11 is 0. The fourth-order valence-electron chi connectivity index (χ4n) is 2.65. The summed E-state index contributed by atoms with van der Waals surface area (Å²) < 4.78 is 5.04. The summed E-state index contributed by atoms with van der Waals surface area (Å²) in [6.45, 7) is 12.9. The molecular formula is C28H52N6O6. The van der Waals surface area contributed by atoms with Crippen molar-refractivity contribution in [3.05, 3.63) is 29.8 Å². The molecule has 0 spiro atoms. The lowest BCUT2D eigenvalue weighted by molar-refractivity contribution is -0.128. The second-order valence-corrected chi connectivity index (χ2v) is 8.35. The molecule has 0 saturated heterocycles. The summed E-state index contributed by atoms with van der Waals surface area (Å²) in [4.78, 5) is 54.6. The highest BCUT2D eigenvalue weighted by molar-refractivity contribution is 5.97. The molecule has 7 N–H and O–H groups in total. The summed E-state index contributed by atoms with van der Waals surface area (Å²) in [6.07, 6.45) is 2.50. The number of alkyl carbamates (subject to hydrolysis) is 1. The average Bonchev–Trinajstić information content (AvgIpc) is 2.96. The van der Waals surface area contributed by atoms with E-state index < -0.39 is 12.1 Å². The number of rotatable bonds is 14. The first-order chi connectivity index (χ1) is 19.1. The minimum absolute atomic E-state index is 0.104. The topological polar surface area (TPSA) is 181 Å². The Morgan fingerprint density at radius 1 is 0.950 bits per heavy atom. The average molecular weight is 569 g/mol. The van der Waals surface area contributed by atoms with E-state index in [1.807, 2.05) is 41.7 Å². The summed E-state index contributed by atoms with van der Waals surface area (Å²) in [7, 11) is 3.53. The quantitative estimate of drug-likeness (QED) is 0.144. The zero-order valence-electron chi connectivity index (χ0n) is 25.5. The molecule has 0 heterocycles. The van der Waals surface area contributed by atoms with Gasteiger partial charge in [0, 0.05) is 38.2 Å². The Hall–Kier alpha value is -3.35. The lowest BCUT2D eigenvalue weighted by atomic mass is 10.0. The molecule has 1 aromatic rings. The monoisotopic (exact) mass is 568 g/mol. The van der Waals surface area contributed by atoms with E-state index in [-0.39, 0.29) is 30.4 Å². The number of carbonyl (C=O) groups is 5. The van der Waals surface area contributed by atoms with Crippen LogP contribution < -0.4 is 32.3 Å². The molecule has 0 aliphatic heterocycles. The zero-order chi connectivity index (χ0) is 31.3. The van der Waals surface area contributed by atoms with Gasteiger partial charge in [0.1, 0.15) is 25.2 Å². The van der Waals surface area contributed by atoms with Crippen molar-refractivity contribution >= 4 is 36.2 Å². The summed E-state index contributed by atoms with van der Waals surface area (Å²) in [6, 6.07) is 5.84. The number of amides is 3. The van der Waals surface area contributed by atoms with E-state index in [1.165, 1.54) is 0 Å². The third-order valence-electron chi connectivity index (χ3n) is 4.70. The minimum atomic E-state index is -0.684. The summed E-state index contributed by atoms with van der Waals surface area (Å²) in [5, 5.41) is 13.7. The Morgan fingerprint density at radius 2 is 1.52 bits per heavy atom. The lowest BCUT2D eigenvalue weighted by Gasteiger charge is -2.22. The molecule has 0 bridgehead atoms. The van der Waals surface area contributed by atoms with Gasteiger partial charge in [-0.3, -0.25) is 9.59 Å². The molecule has 0 fully saturated rings. The van der Waals surface area contributed by atoms with Crippen LogP contribution in [0.5, 0.6) is 0 Å². The third kappa shape index (κ3) is 22.6. The zero-order valence-corrected chi connectivity index (χ0v) is 25.5. The van der Waals surface area contributed by atoms with Crippen molar-refractivity contribution in [2.75, 3.05) is 39.0 Å². The molecule has 0 aromatic heterocycles. The van der Waals surface area contributed by atoms with Gasteiger partial charge < -0.3 is 46.6 Å². The van der Waals surface area contributed by atoms with Gasteiger partial charge in [-0.05, 0) is 44.6 Å². The fourth-order valence-corrected chi connectivity index (χ4v) is 2.65. The molecule has 230 valence electrons. The number of likely N-dealkylation sites (N-methyl/N-ethyl adjacent to an activating group) is 1. The maximum absolute atomic E-state index is 12.3. The first-order valence-electron chi connectivity index (χ1n) is 13.6. The summed E-state index contributed by atoms with van der Waals surface area (Å²) in [5.74, 6) is -0.440. The van der Waals surface area contributed by atoms with Crippen LogP contribution in [-0.4, -0.2) is 76.3 Å². The molecular weight excluding hydrogens is 516 g/mol. The van der Waals surface area contributed by atoms with Crippen molar-refractivity contribution in [2.24, 2.45) is 11.7 Å². The van der Waals surface area contributed by atoms with Crippen LogP contribution in [0.4, 0.5) is 10.5 Å². The van der Waals surface area contributed by atoms with Crippen molar-refractivity contribution < 1.29 is 28.7 Å². The van der Waals surface area contributed by atoms with Crippen molar-refractivity contribution in [1.82, 2.24) is 21.3 Å². The Morgan fingerprint density at radius 3 is 1.93 bits per heavy atom. The molecule has 1 aromatic carbocycles. The molecule has 12 heteroatoms. The van der Waals surface area contributed by atoms with Crippen molar-refractivity contribution in [3.8, 4) is 0 Å². The van der Waals surface area contributed by atoms with E-state index in [9.17, 15) is 24.0 Å². The maximum atomic E-state index is 12.3. The Bertz CT molecular complexity index is 805. The first kappa shape index (κ1) is 41.1. The number of carbonyl (C=O) groups excluding carboxylic acids is 5. The highest BCUT2D eigenvalue weighted by Gasteiger charge is 2.23. The van der Waals surface area contributed by atoms with Gasteiger partial charge in [0.15, 0.2) is 0 Å². The van der Waals surface area contributed by atoms with Gasteiger partial charge in [-0.15, -0.1) is 0 Å². The number of benzene rings is 1. The van der Waals surface area contributed by atoms with Crippen LogP contribution in [0, 0.1) is 5.92 Å². The van der Waals surface area contributed by atoms with Gasteiger partial charge in [0.2, 0.25) is 11.8 Å². The van der Waals surface area contributed by atoms with Gasteiger partial charge in [0.05, 0.1) is 6.04 Å². The van der Waals surface area contributed by atoms with Crippen LogP contribution in [0.3, 0.4) is 0 Å². The van der Waals surface area contributed by atoms with E-state index >= 15 is 0 Å². The molecule has 0 aliphatic rings. The maximum Gasteiger partial charge on any atom is 0.407 e. The van der Waals surface area contributed by atoms with Crippen LogP contribution in [0.2, 0.25) is 0 Å². The molecule has 0 saturated carbocycles. The van der Waals surface area contributed by atoms with Crippen LogP contribution in [0.15, 0.2) is 24.3 Å². The Balaban J connectivity index is -0.000000958. The van der Waals surface area contributed by atoms with E-state index in [0.717, 1.165) is 24.7 Å². The van der Waals surface area contributed by atoms with Crippen LogP contribution in [0.25, 0.3) is 0 Å². The Labute approximate surface area is 239 Å². The number of nitrogens with two attached hydrogens (primary N) is 1. The second kappa shape index (κ2) is 28.7. The predicted octanol–water partition coefficient (Wildman–Crippen LogP) is 1.98. The van der Waals surface area contributed by atoms with E-state index in [4.69, 9.17) is 10.5 Å². The SMILES string of the molecule is CC.CCC=O.CNCCC=O.CN[C@H](C(=O)NC(C)C(=O)Nc1ccc(COC(=O)NCCN)cc1)C(C)C. The second-order valence-electron chi connectivity index (χ2n) is 8.35. The Kier molecular flexibility index (Phi) is 29.5. The molecule has 2 atom stereocenters. The number of hydrogen-bond donors (Lipinski definition) is 6. The number of aldehydes is 2. The van der Waals surface area contributed by atoms with Gasteiger partial charge in [-0.2, -0.15) is 0 Å². The number of hydrogen-bond acceptors (Lipinski definition) is 9. The number of anilines is 1. The van der Waals surface area contributed by atoms with Crippen molar-refractivity contribution in [3.63, 3.8) is 0 Å². The van der Waals surface area contributed by atoms with E-state index in [1.54, 1.807) is 38.2 Å². The number of ether oxygens (including phenoxy) is 1. The first-order valence-corrected chi connectivity index (χ1v) is 13.6. The van der Waals surface area contributed by atoms with Gasteiger partial charge in [-0.1, -0.05) is 46.8 Å². The predicted molar refractivity (Wildman–Crippen MR) is 160 cm³/mol. The van der Waals surface area contributed by atoms with Gasteiger partial charge >= 0.3 is 6.09 Å². The van der Waals surface area contributed by atoms with Crippen LogP contribution in [0.1, 0.15) is 59.9 Å². The molecule has 0 aliphatic carbocycles.